The van der Waals surface area contributed by atoms with Gasteiger partial charge in [0.1, 0.15) is 0 Å². The van der Waals surface area contributed by atoms with Crippen molar-refractivity contribution < 1.29 is 4.79 Å². The van der Waals surface area contributed by atoms with Gasteiger partial charge in [-0.1, -0.05) is 38.3 Å². The molecular weight excluding hydrogens is 198 g/mol. The lowest BCUT2D eigenvalue weighted by Gasteiger charge is -2.09. The average molecular weight is 219 g/mol. The first kappa shape index (κ1) is 12.8. The quantitative estimate of drug-likeness (QED) is 0.733. The highest BCUT2D eigenvalue weighted by atomic mass is 16.1. The molecule has 1 rings (SSSR count). The first-order valence-electron chi connectivity index (χ1n) is 6.05. The molecule has 0 aliphatic rings. The molecule has 0 unspecified atom stereocenters. The highest BCUT2D eigenvalue weighted by Gasteiger charge is 2.09. The number of hydrogen-bond acceptors (Lipinski definition) is 1. The van der Waals surface area contributed by atoms with Crippen LogP contribution in [-0.4, -0.2) is 5.91 Å². The number of rotatable bonds is 6. The number of benzene rings is 1. The molecule has 0 radical (unpaired) electrons. The van der Waals surface area contributed by atoms with Gasteiger partial charge in [-0.3, -0.25) is 4.79 Å². The van der Waals surface area contributed by atoms with E-state index in [9.17, 15) is 4.79 Å². The fourth-order valence-corrected chi connectivity index (χ4v) is 1.99. The summed E-state index contributed by atoms with van der Waals surface area (Å²) < 4.78 is 0. The van der Waals surface area contributed by atoms with Crippen LogP contribution in [0, 0.1) is 6.92 Å². The third kappa shape index (κ3) is 3.37. The summed E-state index contributed by atoms with van der Waals surface area (Å²) in [5.74, 6) is -0.311. The molecular formula is C14H21NO. The Morgan fingerprint density at radius 3 is 2.62 bits per heavy atom. The van der Waals surface area contributed by atoms with Crippen LogP contribution in [0.25, 0.3) is 0 Å². The molecule has 0 spiro atoms. The molecule has 0 aliphatic heterocycles. The van der Waals surface area contributed by atoms with Gasteiger partial charge in [0.15, 0.2) is 0 Å². The first-order chi connectivity index (χ1) is 7.66. The molecule has 0 aromatic heterocycles. The second-order valence-corrected chi connectivity index (χ2v) is 4.28. The predicted octanol–water partition coefficient (Wildman–Crippen LogP) is 3.22. The topological polar surface area (TPSA) is 43.1 Å². The summed E-state index contributed by atoms with van der Waals surface area (Å²) in [6, 6.07) is 5.76. The molecule has 2 nitrogen and oxygen atoms in total. The average Bonchev–Trinajstić information content (AvgIpc) is 2.25. The van der Waals surface area contributed by atoms with Crippen molar-refractivity contribution in [3.05, 3.63) is 34.9 Å². The van der Waals surface area contributed by atoms with Crippen LogP contribution in [0.1, 0.15) is 54.1 Å². The Balaban J connectivity index is 2.73. The number of aryl methyl sites for hydroxylation is 1. The van der Waals surface area contributed by atoms with E-state index in [1.54, 1.807) is 0 Å². The maximum atomic E-state index is 11.3. The van der Waals surface area contributed by atoms with E-state index in [4.69, 9.17) is 5.73 Å². The van der Waals surface area contributed by atoms with Crippen molar-refractivity contribution in [1.82, 2.24) is 0 Å². The van der Waals surface area contributed by atoms with Gasteiger partial charge in [0.05, 0.1) is 0 Å². The van der Waals surface area contributed by atoms with Crippen LogP contribution < -0.4 is 5.73 Å². The summed E-state index contributed by atoms with van der Waals surface area (Å²) in [5, 5.41) is 0. The van der Waals surface area contributed by atoms with Crippen molar-refractivity contribution in [2.75, 3.05) is 0 Å². The molecule has 0 atom stereocenters. The molecule has 0 bridgehead atoms. The van der Waals surface area contributed by atoms with E-state index in [1.165, 1.54) is 24.8 Å². The lowest BCUT2D eigenvalue weighted by Crippen LogP contribution is -2.14. The van der Waals surface area contributed by atoms with E-state index in [0.29, 0.717) is 5.56 Å². The number of carbonyl (C=O) groups is 1. The maximum Gasteiger partial charge on any atom is 0.248 e. The number of primary amides is 1. The standard InChI is InChI=1S/C14H21NO/c1-3-4-5-6-9-12-11(2)8-7-10-13(12)14(15)16/h7-8,10H,3-6,9H2,1-2H3,(H2,15,16). The fraction of sp³-hybridized carbons (Fsp3) is 0.500. The Morgan fingerprint density at radius 1 is 1.25 bits per heavy atom. The lowest BCUT2D eigenvalue weighted by atomic mass is 9.96. The van der Waals surface area contributed by atoms with E-state index in [2.05, 4.69) is 6.92 Å². The monoisotopic (exact) mass is 219 g/mol. The highest BCUT2D eigenvalue weighted by Crippen LogP contribution is 2.17. The van der Waals surface area contributed by atoms with Crippen molar-refractivity contribution >= 4 is 5.91 Å². The van der Waals surface area contributed by atoms with Gasteiger partial charge in [-0.2, -0.15) is 0 Å². The van der Waals surface area contributed by atoms with Gasteiger partial charge in [-0.15, -0.1) is 0 Å². The molecule has 88 valence electrons. The van der Waals surface area contributed by atoms with Crippen LogP contribution in [0.2, 0.25) is 0 Å². The van der Waals surface area contributed by atoms with Crippen LogP contribution in [0.3, 0.4) is 0 Å². The molecule has 2 N–H and O–H groups in total. The van der Waals surface area contributed by atoms with Gasteiger partial charge < -0.3 is 5.73 Å². The second-order valence-electron chi connectivity index (χ2n) is 4.28. The molecule has 0 fully saturated rings. The van der Waals surface area contributed by atoms with Gasteiger partial charge in [0, 0.05) is 5.56 Å². The summed E-state index contributed by atoms with van der Waals surface area (Å²) in [6.45, 7) is 4.24. The smallest absolute Gasteiger partial charge is 0.248 e. The van der Waals surface area contributed by atoms with E-state index >= 15 is 0 Å². The van der Waals surface area contributed by atoms with Crippen molar-refractivity contribution in [2.24, 2.45) is 5.73 Å². The fourth-order valence-electron chi connectivity index (χ4n) is 1.99. The molecule has 1 amide bonds. The van der Waals surface area contributed by atoms with Crippen molar-refractivity contribution in [3.63, 3.8) is 0 Å². The number of nitrogens with two attached hydrogens (primary N) is 1. The highest BCUT2D eigenvalue weighted by molar-refractivity contribution is 5.94. The molecule has 0 saturated heterocycles. The van der Waals surface area contributed by atoms with Crippen LogP contribution >= 0.6 is 0 Å². The summed E-state index contributed by atoms with van der Waals surface area (Å²) in [5.41, 5.74) is 8.37. The van der Waals surface area contributed by atoms with Gasteiger partial charge in [0.25, 0.3) is 0 Å². The van der Waals surface area contributed by atoms with Crippen LogP contribution in [-0.2, 0) is 6.42 Å². The van der Waals surface area contributed by atoms with E-state index in [1.807, 2.05) is 25.1 Å². The summed E-state index contributed by atoms with van der Waals surface area (Å²) in [7, 11) is 0. The Kier molecular flexibility index (Phi) is 5.03. The lowest BCUT2D eigenvalue weighted by molar-refractivity contribution is 0.0999. The van der Waals surface area contributed by atoms with Crippen LogP contribution in [0.4, 0.5) is 0 Å². The van der Waals surface area contributed by atoms with Gasteiger partial charge in [-0.25, -0.2) is 0 Å². The molecule has 1 aromatic carbocycles. The van der Waals surface area contributed by atoms with Gasteiger partial charge >= 0.3 is 0 Å². The Morgan fingerprint density at radius 2 is 2.00 bits per heavy atom. The van der Waals surface area contributed by atoms with Gasteiger partial charge in [0.2, 0.25) is 5.91 Å². The third-order valence-electron chi connectivity index (χ3n) is 2.96. The minimum absolute atomic E-state index is 0.311. The number of unbranched alkanes of at least 4 members (excludes halogenated alkanes) is 3. The van der Waals surface area contributed by atoms with E-state index in [-0.39, 0.29) is 5.91 Å². The molecule has 16 heavy (non-hydrogen) atoms. The Bertz CT molecular complexity index is 358. The molecule has 0 aliphatic carbocycles. The Labute approximate surface area is 97.9 Å². The van der Waals surface area contributed by atoms with E-state index < -0.39 is 0 Å². The van der Waals surface area contributed by atoms with Crippen LogP contribution in [0.15, 0.2) is 18.2 Å². The molecule has 1 aromatic rings. The summed E-state index contributed by atoms with van der Waals surface area (Å²) >= 11 is 0. The summed E-state index contributed by atoms with van der Waals surface area (Å²) in [6.07, 6.45) is 5.82. The normalized spacial score (nSPS) is 10.4. The van der Waals surface area contributed by atoms with Crippen molar-refractivity contribution in [1.29, 1.82) is 0 Å². The molecule has 0 heterocycles. The minimum atomic E-state index is -0.311. The zero-order chi connectivity index (χ0) is 12.0. The molecule has 0 saturated carbocycles. The second kappa shape index (κ2) is 6.31. The maximum absolute atomic E-state index is 11.3. The SMILES string of the molecule is CCCCCCc1c(C)cccc1C(N)=O. The zero-order valence-electron chi connectivity index (χ0n) is 10.3. The number of hydrogen-bond donors (Lipinski definition) is 1. The zero-order valence-corrected chi connectivity index (χ0v) is 10.3. The summed E-state index contributed by atoms with van der Waals surface area (Å²) in [4.78, 5) is 11.3. The third-order valence-corrected chi connectivity index (χ3v) is 2.96. The molecule has 2 heteroatoms. The van der Waals surface area contributed by atoms with Crippen molar-refractivity contribution in [2.45, 2.75) is 46.0 Å². The van der Waals surface area contributed by atoms with Crippen molar-refractivity contribution in [3.8, 4) is 0 Å². The largest absolute Gasteiger partial charge is 0.366 e. The van der Waals surface area contributed by atoms with E-state index in [0.717, 1.165) is 18.4 Å². The number of amides is 1. The van der Waals surface area contributed by atoms with Crippen LogP contribution in [0.5, 0.6) is 0 Å². The Hall–Kier alpha value is -1.31. The number of carbonyl (C=O) groups excluding carboxylic acids is 1. The predicted molar refractivity (Wildman–Crippen MR) is 67.5 cm³/mol. The van der Waals surface area contributed by atoms with Gasteiger partial charge in [-0.05, 0) is 37.0 Å². The minimum Gasteiger partial charge on any atom is -0.366 e. The first-order valence-corrected chi connectivity index (χ1v) is 6.05.